The number of hydrogen-bond acceptors (Lipinski definition) is 5. The number of aromatic nitrogens is 5. The number of hydrogen-bond donors (Lipinski definition) is 0. The van der Waals surface area contributed by atoms with Crippen LogP contribution >= 0.6 is 11.6 Å². The molecule has 0 saturated carbocycles. The van der Waals surface area contributed by atoms with Crippen LogP contribution in [0.25, 0.3) is 22.5 Å². The van der Waals surface area contributed by atoms with E-state index in [1.54, 1.807) is 23.0 Å². The van der Waals surface area contributed by atoms with Crippen molar-refractivity contribution >= 4 is 23.0 Å². The first-order valence-corrected chi connectivity index (χ1v) is 11.6. The van der Waals surface area contributed by atoms with Crippen molar-refractivity contribution in [2.75, 3.05) is 0 Å². The van der Waals surface area contributed by atoms with Crippen molar-refractivity contribution in [3.05, 3.63) is 100.0 Å². The number of nitrogens with zero attached hydrogens (tertiary/aromatic N) is 6. The summed E-state index contributed by atoms with van der Waals surface area (Å²) in [6.45, 7) is 2.07. The Morgan fingerprint density at radius 1 is 1.14 bits per heavy atom. The fraction of sp³-hybridized carbons (Fsp3) is 0.192. The van der Waals surface area contributed by atoms with Crippen molar-refractivity contribution in [2.24, 2.45) is 4.99 Å². The van der Waals surface area contributed by atoms with Crippen LogP contribution in [0.5, 0.6) is 0 Å². The minimum absolute atomic E-state index is 0.295. The van der Waals surface area contributed by atoms with Crippen LogP contribution < -0.4 is 4.73 Å². The first-order valence-electron chi connectivity index (χ1n) is 11.3. The smallest absolute Gasteiger partial charge is 0.207 e. The molecule has 1 aliphatic carbocycles. The molecule has 3 heterocycles. The third kappa shape index (κ3) is 3.61. The molecule has 35 heavy (non-hydrogen) atoms. The number of fused-ring (bicyclic) bond motifs is 1. The summed E-state index contributed by atoms with van der Waals surface area (Å²) in [4.78, 5) is 4.85. The van der Waals surface area contributed by atoms with E-state index in [9.17, 15) is 9.60 Å². The Balaban J connectivity index is 1.40. The van der Waals surface area contributed by atoms with Gasteiger partial charge in [0.15, 0.2) is 6.20 Å². The Labute approximate surface area is 205 Å². The first-order chi connectivity index (χ1) is 16.9. The normalized spacial score (nSPS) is 18.9. The molecule has 1 unspecified atom stereocenters. The molecule has 0 N–H and O–H groups in total. The van der Waals surface area contributed by atoms with Gasteiger partial charge in [-0.1, -0.05) is 29.8 Å². The van der Waals surface area contributed by atoms with Gasteiger partial charge < -0.3 is 5.21 Å². The van der Waals surface area contributed by atoms with E-state index < -0.39 is 5.41 Å². The van der Waals surface area contributed by atoms with Gasteiger partial charge in [-0.15, -0.1) is 5.10 Å². The molecule has 174 valence electrons. The molecule has 1 aliphatic heterocycles. The van der Waals surface area contributed by atoms with E-state index in [-0.39, 0.29) is 5.82 Å². The van der Waals surface area contributed by atoms with Crippen molar-refractivity contribution in [1.82, 2.24) is 20.2 Å². The third-order valence-corrected chi connectivity index (χ3v) is 7.13. The Morgan fingerprint density at radius 2 is 2.03 bits per heavy atom. The summed E-state index contributed by atoms with van der Waals surface area (Å²) >= 11 is 6.30. The van der Waals surface area contributed by atoms with E-state index in [4.69, 9.17) is 16.6 Å². The predicted molar refractivity (Wildman–Crippen MR) is 131 cm³/mol. The summed E-state index contributed by atoms with van der Waals surface area (Å²) in [5.41, 5.74) is 5.81. The summed E-state index contributed by atoms with van der Waals surface area (Å²) in [5, 5.41) is 25.5. The molecule has 4 aromatic rings. The molecule has 0 amide bonds. The monoisotopic (exact) mass is 486 g/mol. The molecule has 9 heteroatoms. The van der Waals surface area contributed by atoms with Gasteiger partial charge in [0.2, 0.25) is 5.69 Å². The average molecular weight is 487 g/mol. The second kappa shape index (κ2) is 8.09. The van der Waals surface area contributed by atoms with Crippen LogP contribution in [-0.4, -0.2) is 25.9 Å². The number of benzene rings is 2. The maximum Gasteiger partial charge on any atom is 0.207 e. The number of aliphatic imine (C=N–C) groups is 1. The molecule has 1 atom stereocenters. The van der Waals surface area contributed by atoms with Gasteiger partial charge in [0, 0.05) is 39.4 Å². The van der Waals surface area contributed by atoms with Crippen LogP contribution in [0, 0.1) is 11.0 Å². The van der Waals surface area contributed by atoms with E-state index in [2.05, 4.69) is 22.4 Å². The fourth-order valence-corrected chi connectivity index (χ4v) is 5.34. The quantitative estimate of drug-likeness (QED) is 0.305. The zero-order chi connectivity index (χ0) is 24.2. The molecule has 7 nitrogen and oxygen atoms in total. The van der Waals surface area contributed by atoms with Gasteiger partial charge in [0.05, 0.1) is 16.8 Å². The lowest BCUT2D eigenvalue weighted by Crippen LogP contribution is -2.43. The van der Waals surface area contributed by atoms with Gasteiger partial charge in [-0.3, -0.25) is 4.99 Å². The number of rotatable bonds is 4. The molecule has 2 aromatic carbocycles. The van der Waals surface area contributed by atoms with E-state index in [0.29, 0.717) is 17.1 Å². The van der Waals surface area contributed by atoms with Crippen molar-refractivity contribution in [1.29, 1.82) is 0 Å². The Bertz CT molecular complexity index is 1530. The highest BCUT2D eigenvalue weighted by molar-refractivity contribution is 6.31. The lowest BCUT2D eigenvalue weighted by atomic mass is 9.81. The molecule has 0 bridgehead atoms. The van der Waals surface area contributed by atoms with Crippen molar-refractivity contribution in [3.63, 3.8) is 0 Å². The van der Waals surface area contributed by atoms with Crippen molar-refractivity contribution < 1.29 is 9.12 Å². The number of tetrazole rings is 1. The van der Waals surface area contributed by atoms with Gasteiger partial charge in [-0.05, 0) is 66.6 Å². The third-order valence-electron chi connectivity index (χ3n) is 6.89. The highest BCUT2D eigenvalue weighted by atomic mass is 35.5. The number of halogens is 2. The van der Waals surface area contributed by atoms with Gasteiger partial charge in [-0.2, -0.15) is 9.41 Å². The molecule has 0 fully saturated rings. The van der Waals surface area contributed by atoms with Crippen LogP contribution in [0.3, 0.4) is 0 Å². The van der Waals surface area contributed by atoms with Gasteiger partial charge in [-0.25, -0.2) is 4.39 Å². The summed E-state index contributed by atoms with van der Waals surface area (Å²) in [7, 11) is 0. The van der Waals surface area contributed by atoms with Crippen molar-refractivity contribution in [3.8, 4) is 16.8 Å². The molecule has 0 spiro atoms. The maximum absolute atomic E-state index is 13.7. The predicted octanol–water partition coefficient (Wildman–Crippen LogP) is 4.84. The van der Waals surface area contributed by atoms with E-state index in [1.165, 1.54) is 18.5 Å². The molecular formula is C26H20ClFN6O. The standard InChI is InChI=1S/C26H20ClFN6O/c1-26(24-8-6-22(30-24)16-3-2-4-20(28)12-16)10-9-17-11-18(14-34(35)25(17)26)21-13-19(27)5-7-23(21)33-15-29-31-32-33/h2-7,11-15H,8-10H2,1H3. The van der Waals surface area contributed by atoms with Crippen LogP contribution in [-0.2, 0) is 11.8 Å². The van der Waals surface area contributed by atoms with E-state index in [1.807, 2.05) is 30.3 Å². The minimum atomic E-state index is -0.506. The summed E-state index contributed by atoms with van der Waals surface area (Å²) in [6.07, 6.45) is 7.23. The second-order valence-corrected chi connectivity index (χ2v) is 9.48. The van der Waals surface area contributed by atoms with Crippen molar-refractivity contribution in [2.45, 2.75) is 31.6 Å². The number of allylic oxidation sites excluding steroid dienone is 1. The molecule has 6 rings (SSSR count). The molecular weight excluding hydrogens is 467 g/mol. The zero-order valence-electron chi connectivity index (χ0n) is 18.8. The SMILES string of the molecule is CC1(C2=NC(c3cccc(F)c3)=CC2)CCc2cc(-c3cc(Cl)ccc3-n3cnnn3)c[n+]([O-])c21. The number of pyridine rings is 1. The number of aryl methyl sites for hydroxylation is 1. The average Bonchev–Trinajstić information content (AvgIpc) is 3.60. The zero-order valence-corrected chi connectivity index (χ0v) is 19.6. The van der Waals surface area contributed by atoms with Gasteiger partial charge in [0.1, 0.15) is 12.1 Å². The molecule has 0 saturated heterocycles. The Hall–Kier alpha value is -3.91. The van der Waals surface area contributed by atoms with E-state index >= 15 is 0 Å². The highest BCUT2D eigenvalue weighted by Gasteiger charge is 2.46. The molecule has 0 radical (unpaired) electrons. The van der Waals surface area contributed by atoms with Crippen LogP contribution in [0.4, 0.5) is 4.39 Å². The molecule has 2 aliphatic rings. The van der Waals surface area contributed by atoms with Gasteiger partial charge >= 0.3 is 0 Å². The lowest BCUT2D eigenvalue weighted by molar-refractivity contribution is -0.616. The fourth-order valence-electron chi connectivity index (χ4n) is 5.17. The lowest BCUT2D eigenvalue weighted by Gasteiger charge is -2.24. The summed E-state index contributed by atoms with van der Waals surface area (Å²) in [6, 6.07) is 13.9. The first kappa shape index (κ1) is 21.6. The van der Waals surface area contributed by atoms with Crippen LogP contribution in [0.1, 0.15) is 36.6 Å². The summed E-state index contributed by atoms with van der Waals surface area (Å²) < 4.78 is 16.2. The second-order valence-electron chi connectivity index (χ2n) is 9.04. The van der Waals surface area contributed by atoms with Crippen LogP contribution in [0.2, 0.25) is 5.02 Å². The Kier molecular flexibility index (Phi) is 5.00. The van der Waals surface area contributed by atoms with E-state index in [0.717, 1.165) is 56.9 Å². The summed E-state index contributed by atoms with van der Waals surface area (Å²) in [5.74, 6) is -0.295. The molecule has 2 aromatic heterocycles. The van der Waals surface area contributed by atoms with Gasteiger partial charge in [0.25, 0.3) is 0 Å². The van der Waals surface area contributed by atoms with Crippen LogP contribution in [0.15, 0.2) is 72.1 Å². The Morgan fingerprint density at radius 3 is 2.83 bits per heavy atom. The largest absolute Gasteiger partial charge is 0.618 e. The highest BCUT2D eigenvalue weighted by Crippen LogP contribution is 2.43. The maximum atomic E-state index is 13.7. The topological polar surface area (TPSA) is 82.9 Å². The minimum Gasteiger partial charge on any atom is -0.618 e.